The molecule has 1 N–H and O–H groups in total. The highest BCUT2D eigenvalue weighted by molar-refractivity contribution is 5.93. The van der Waals surface area contributed by atoms with E-state index in [9.17, 15) is 9.59 Å². The Balaban J connectivity index is 2.09. The van der Waals surface area contributed by atoms with Crippen molar-refractivity contribution in [2.24, 2.45) is 0 Å². The van der Waals surface area contributed by atoms with E-state index < -0.39 is 0 Å². The first-order valence-corrected chi connectivity index (χ1v) is 8.88. The molecular formula is C21H26N2O5. The van der Waals surface area contributed by atoms with Crippen molar-refractivity contribution < 1.29 is 23.8 Å². The summed E-state index contributed by atoms with van der Waals surface area (Å²) in [6.07, 6.45) is 0.170. The number of ether oxygens (including phenoxy) is 3. The van der Waals surface area contributed by atoms with Crippen LogP contribution in [0.3, 0.4) is 0 Å². The molecule has 0 saturated heterocycles. The largest absolute Gasteiger partial charge is 0.493 e. The third-order valence-electron chi connectivity index (χ3n) is 4.24. The van der Waals surface area contributed by atoms with Crippen LogP contribution < -0.4 is 24.4 Å². The molecule has 2 aromatic carbocycles. The highest BCUT2D eigenvalue weighted by Crippen LogP contribution is 2.41. The van der Waals surface area contributed by atoms with E-state index in [4.69, 9.17) is 14.2 Å². The number of methoxy groups -OCH3 is 3. The molecule has 0 unspecified atom stereocenters. The Bertz CT molecular complexity index is 783. The fourth-order valence-electron chi connectivity index (χ4n) is 2.79. The smallest absolute Gasteiger partial charge is 0.223 e. The van der Waals surface area contributed by atoms with Gasteiger partial charge in [0, 0.05) is 38.6 Å². The zero-order valence-corrected chi connectivity index (χ0v) is 16.7. The van der Waals surface area contributed by atoms with Crippen molar-refractivity contribution in [3.8, 4) is 17.2 Å². The quantitative estimate of drug-likeness (QED) is 0.717. The second kappa shape index (κ2) is 10.2. The summed E-state index contributed by atoms with van der Waals surface area (Å²) >= 11 is 0. The number of hydrogen-bond donors (Lipinski definition) is 1. The molecule has 0 bridgehead atoms. The molecule has 28 heavy (non-hydrogen) atoms. The normalized spacial score (nSPS) is 10.1. The average molecular weight is 386 g/mol. The SMILES string of the molecule is COc1cc(N(CCC(=O)NCc2ccccc2)C(C)=O)cc(OC)c1OC. The average Bonchev–Trinajstić information content (AvgIpc) is 2.71. The molecule has 0 aliphatic heterocycles. The molecule has 0 aliphatic carbocycles. The topological polar surface area (TPSA) is 77.1 Å². The monoisotopic (exact) mass is 386 g/mol. The van der Waals surface area contributed by atoms with Gasteiger partial charge in [-0.15, -0.1) is 0 Å². The fraction of sp³-hybridized carbons (Fsp3) is 0.333. The molecule has 0 atom stereocenters. The molecule has 0 aliphatic rings. The Labute approximate surface area is 165 Å². The first-order chi connectivity index (χ1) is 13.5. The third kappa shape index (κ3) is 5.39. The van der Waals surface area contributed by atoms with Gasteiger partial charge < -0.3 is 24.4 Å². The number of amides is 2. The predicted molar refractivity (Wildman–Crippen MR) is 107 cm³/mol. The number of carbonyl (C=O) groups is 2. The molecule has 0 fully saturated rings. The van der Waals surface area contributed by atoms with Crippen LogP contribution in [0.15, 0.2) is 42.5 Å². The van der Waals surface area contributed by atoms with Crippen LogP contribution in [0.5, 0.6) is 17.2 Å². The Morgan fingerprint density at radius 3 is 2.07 bits per heavy atom. The van der Waals surface area contributed by atoms with Gasteiger partial charge in [0.1, 0.15) is 0 Å². The number of nitrogens with one attached hydrogen (secondary N) is 1. The summed E-state index contributed by atoms with van der Waals surface area (Å²) in [6, 6.07) is 13.0. The van der Waals surface area contributed by atoms with Crippen LogP contribution in [-0.2, 0) is 16.1 Å². The minimum atomic E-state index is -0.190. The van der Waals surface area contributed by atoms with Crippen molar-refractivity contribution in [3.05, 3.63) is 48.0 Å². The zero-order chi connectivity index (χ0) is 20.5. The summed E-state index contributed by atoms with van der Waals surface area (Å²) in [5, 5.41) is 2.86. The van der Waals surface area contributed by atoms with Gasteiger partial charge in [-0.25, -0.2) is 0 Å². The number of anilines is 1. The number of rotatable bonds is 9. The predicted octanol–water partition coefficient (Wildman–Crippen LogP) is 2.77. The van der Waals surface area contributed by atoms with E-state index in [0.717, 1.165) is 5.56 Å². The molecule has 0 heterocycles. The second-order valence-corrected chi connectivity index (χ2v) is 6.07. The van der Waals surface area contributed by atoms with Gasteiger partial charge in [0.15, 0.2) is 11.5 Å². The van der Waals surface area contributed by atoms with E-state index in [1.54, 1.807) is 12.1 Å². The van der Waals surface area contributed by atoms with Gasteiger partial charge in [0.05, 0.1) is 27.0 Å². The molecule has 7 heteroatoms. The van der Waals surface area contributed by atoms with E-state index in [1.165, 1.54) is 33.2 Å². The van der Waals surface area contributed by atoms with E-state index in [-0.39, 0.29) is 24.8 Å². The Hall–Kier alpha value is -3.22. The summed E-state index contributed by atoms with van der Waals surface area (Å²) in [4.78, 5) is 25.9. The van der Waals surface area contributed by atoms with Gasteiger partial charge in [-0.2, -0.15) is 0 Å². The summed E-state index contributed by atoms with van der Waals surface area (Å²) in [7, 11) is 4.53. The number of hydrogen-bond acceptors (Lipinski definition) is 5. The van der Waals surface area contributed by atoms with Crippen LogP contribution in [0.2, 0.25) is 0 Å². The minimum Gasteiger partial charge on any atom is -0.493 e. The maximum absolute atomic E-state index is 12.2. The van der Waals surface area contributed by atoms with Crippen LogP contribution in [-0.4, -0.2) is 39.7 Å². The Kier molecular flexibility index (Phi) is 7.68. The van der Waals surface area contributed by atoms with Crippen LogP contribution in [0.1, 0.15) is 18.9 Å². The summed E-state index contributed by atoms with van der Waals surface area (Å²) in [5.41, 5.74) is 1.58. The van der Waals surface area contributed by atoms with Crippen molar-refractivity contribution in [2.75, 3.05) is 32.8 Å². The van der Waals surface area contributed by atoms with Crippen LogP contribution in [0.4, 0.5) is 5.69 Å². The van der Waals surface area contributed by atoms with Crippen LogP contribution >= 0.6 is 0 Å². The maximum atomic E-state index is 12.2. The Morgan fingerprint density at radius 2 is 1.57 bits per heavy atom. The number of carbonyl (C=O) groups excluding carboxylic acids is 2. The lowest BCUT2D eigenvalue weighted by Gasteiger charge is -2.23. The maximum Gasteiger partial charge on any atom is 0.223 e. The van der Waals surface area contributed by atoms with Crippen molar-refractivity contribution >= 4 is 17.5 Å². The van der Waals surface area contributed by atoms with E-state index in [2.05, 4.69) is 5.32 Å². The molecule has 2 amide bonds. The first-order valence-electron chi connectivity index (χ1n) is 8.88. The van der Waals surface area contributed by atoms with Gasteiger partial charge >= 0.3 is 0 Å². The highest BCUT2D eigenvalue weighted by atomic mass is 16.5. The lowest BCUT2D eigenvalue weighted by molar-refractivity contribution is -0.121. The van der Waals surface area contributed by atoms with Crippen molar-refractivity contribution in [3.63, 3.8) is 0 Å². The minimum absolute atomic E-state index is 0.137. The van der Waals surface area contributed by atoms with Gasteiger partial charge in [-0.05, 0) is 5.56 Å². The van der Waals surface area contributed by atoms with E-state index >= 15 is 0 Å². The highest BCUT2D eigenvalue weighted by Gasteiger charge is 2.19. The first kappa shape index (κ1) is 21.1. The fourth-order valence-corrected chi connectivity index (χ4v) is 2.79. The molecule has 150 valence electrons. The molecule has 0 radical (unpaired) electrons. The van der Waals surface area contributed by atoms with Gasteiger partial charge in [-0.1, -0.05) is 30.3 Å². The molecular weight excluding hydrogens is 360 g/mol. The summed E-state index contributed by atoms with van der Waals surface area (Å²) < 4.78 is 16.0. The van der Waals surface area contributed by atoms with E-state index in [1.807, 2.05) is 30.3 Å². The standard InChI is InChI=1S/C21H26N2O5/c1-15(24)23(11-10-20(25)22-14-16-8-6-5-7-9-16)17-12-18(26-2)21(28-4)19(13-17)27-3/h5-9,12-13H,10-11,14H2,1-4H3,(H,22,25). The molecule has 0 spiro atoms. The summed E-state index contributed by atoms with van der Waals surface area (Å²) in [5.74, 6) is 0.999. The molecule has 7 nitrogen and oxygen atoms in total. The van der Waals surface area contributed by atoms with Crippen molar-refractivity contribution in [1.82, 2.24) is 5.32 Å². The van der Waals surface area contributed by atoms with Gasteiger partial charge in [0.25, 0.3) is 0 Å². The zero-order valence-electron chi connectivity index (χ0n) is 16.7. The van der Waals surface area contributed by atoms with Gasteiger partial charge in [0.2, 0.25) is 17.6 Å². The molecule has 2 aromatic rings. The lowest BCUT2D eigenvalue weighted by Crippen LogP contribution is -2.33. The number of benzene rings is 2. The van der Waals surface area contributed by atoms with Crippen molar-refractivity contribution in [2.45, 2.75) is 19.9 Å². The lowest BCUT2D eigenvalue weighted by atomic mass is 10.2. The number of nitrogens with zero attached hydrogens (tertiary/aromatic N) is 1. The molecule has 0 aromatic heterocycles. The Morgan fingerprint density at radius 1 is 0.964 bits per heavy atom. The molecule has 2 rings (SSSR count). The van der Waals surface area contributed by atoms with Gasteiger partial charge in [-0.3, -0.25) is 9.59 Å². The van der Waals surface area contributed by atoms with Crippen LogP contribution in [0.25, 0.3) is 0 Å². The molecule has 0 saturated carbocycles. The van der Waals surface area contributed by atoms with E-state index in [0.29, 0.717) is 29.5 Å². The summed E-state index contributed by atoms with van der Waals surface area (Å²) in [6.45, 7) is 2.13. The second-order valence-electron chi connectivity index (χ2n) is 6.07. The van der Waals surface area contributed by atoms with Crippen LogP contribution in [0, 0.1) is 0 Å². The third-order valence-corrected chi connectivity index (χ3v) is 4.24. The van der Waals surface area contributed by atoms with Crippen molar-refractivity contribution in [1.29, 1.82) is 0 Å².